The maximum atomic E-state index is 11.9. The van der Waals surface area contributed by atoms with Gasteiger partial charge in [-0.05, 0) is 24.1 Å². The summed E-state index contributed by atoms with van der Waals surface area (Å²) in [6.07, 6.45) is 1.20. The highest BCUT2D eigenvalue weighted by atomic mass is 16.5. The molecule has 0 spiro atoms. The van der Waals surface area contributed by atoms with Gasteiger partial charge in [0.05, 0.1) is 6.61 Å². The molecule has 1 saturated heterocycles. The van der Waals surface area contributed by atoms with Gasteiger partial charge in [0.15, 0.2) is 12.1 Å². The summed E-state index contributed by atoms with van der Waals surface area (Å²) in [5, 5.41) is 11.7. The van der Waals surface area contributed by atoms with Gasteiger partial charge in [0.1, 0.15) is 5.75 Å². The van der Waals surface area contributed by atoms with Crippen LogP contribution >= 0.6 is 0 Å². The lowest BCUT2D eigenvalue weighted by atomic mass is 9.99. The second-order valence-electron chi connectivity index (χ2n) is 5.02. The van der Waals surface area contributed by atoms with E-state index >= 15 is 0 Å². The van der Waals surface area contributed by atoms with Crippen LogP contribution < -0.4 is 10.1 Å². The van der Waals surface area contributed by atoms with Gasteiger partial charge in [0, 0.05) is 13.0 Å². The number of aliphatic carboxylic acids is 1. The summed E-state index contributed by atoms with van der Waals surface area (Å²) in [7, 11) is 0. The lowest BCUT2D eigenvalue weighted by Gasteiger charge is -2.23. The molecule has 1 aromatic carbocycles. The number of carbonyl (C=O) groups is 2. The van der Waals surface area contributed by atoms with Gasteiger partial charge in [-0.15, -0.1) is 0 Å². The minimum Gasteiger partial charge on any atom is -0.484 e. The third kappa shape index (κ3) is 3.72. The Hall–Kier alpha value is -2.08. The lowest BCUT2D eigenvalue weighted by Crippen LogP contribution is -2.56. The van der Waals surface area contributed by atoms with E-state index in [-0.39, 0.29) is 19.6 Å². The number of nitrogens with one attached hydrogen (secondary N) is 1. The van der Waals surface area contributed by atoms with Gasteiger partial charge in [-0.2, -0.15) is 0 Å². The summed E-state index contributed by atoms with van der Waals surface area (Å²) in [6.45, 7) is 2.14. The van der Waals surface area contributed by atoms with E-state index in [0.29, 0.717) is 12.4 Å². The van der Waals surface area contributed by atoms with Gasteiger partial charge in [-0.25, -0.2) is 4.79 Å². The normalized spacial score (nSPS) is 21.0. The van der Waals surface area contributed by atoms with Gasteiger partial charge in [0.25, 0.3) is 5.91 Å². The maximum Gasteiger partial charge on any atom is 0.331 e. The van der Waals surface area contributed by atoms with Gasteiger partial charge < -0.3 is 19.9 Å². The Bertz CT molecular complexity index is 505. The molecule has 6 nitrogen and oxygen atoms in total. The summed E-state index contributed by atoms with van der Waals surface area (Å²) in [6, 6.07) is 7.43. The van der Waals surface area contributed by atoms with Gasteiger partial charge in [-0.3, -0.25) is 4.79 Å². The molecule has 1 aromatic rings. The number of carbonyl (C=O) groups excluding carboxylic acids is 1. The van der Waals surface area contributed by atoms with Crippen molar-refractivity contribution in [1.82, 2.24) is 5.32 Å². The molecule has 21 heavy (non-hydrogen) atoms. The first-order chi connectivity index (χ1) is 10.1. The fourth-order valence-corrected chi connectivity index (χ4v) is 2.16. The van der Waals surface area contributed by atoms with E-state index in [4.69, 9.17) is 9.47 Å². The van der Waals surface area contributed by atoms with Crippen molar-refractivity contribution in [3.05, 3.63) is 29.8 Å². The van der Waals surface area contributed by atoms with Crippen molar-refractivity contribution in [2.24, 2.45) is 0 Å². The number of ether oxygens (including phenoxy) is 2. The minimum absolute atomic E-state index is 0.0146. The fraction of sp³-hybridized carbons (Fsp3) is 0.467. The van der Waals surface area contributed by atoms with E-state index in [1.165, 1.54) is 5.56 Å². The molecule has 0 aliphatic carbocycles. The molecule has 0 saturated carbocycles. The van der Waals surface area contributed by atoms with E-state index in [0.717, 1.165) is 6.42 Å². The first-order valence-corrected chi connectivity index (χ1v) is 6.89. The van der Waals surface area contributed by atoms with Gasteiger partial charge in [-0.1, -0.05) is 19.1 Å². The zero-order valence-electron chi connectivity index (χ0n) is 11.9. The van der Waals surface area contributed by atoms with Crippen LogP contribution in [-0.4, -0.2) is 42.3 Å². The molecule has 1 atom stereocenters. The topological polar surface area (TPSA) is 84.9 Å². The second kappa shape index (κ2) is 6.58. The number of benzene rings is 1. The molecule has 1 fully saturated rings. The number of rotatable bonds is 6. The third-order valence-electron chi connectivity index (χ3n) is 3.51. The predicted molar refractivity (Wildman–Crippen MR) is 75.3 cm³/mol. The Morgan fingerprint density at radius 2 is 2.10 bits per heavy atom. The van der Waals surface area contributed by atoms with Gasteiger partial charge in [0.2, 0.25) is 0 Å². The summed E-state index contributed by atoms with van der Waals surface area (Å²) >= 11 is 0. The van der Waals surface area contributed by atoms with Crippen LogP contribution in [0.1, 0.15) is 18.9 Å². The molecule has 1 amide bonds. The molecule has 1 unspecified atom stereocenters. The van der Waals surface area contributed by atoms with E-state index in [1.807, 2.05) is 12.1 Å². The van der Waals surface area contributed by atoms with Crippen LogP contribution in [0.3, 0.4) is 0 Å². The molecule has 2 N–H and O–H groups in total. The summed E-state index contributed by atoms with van der Waals surface area (Å²) in [4.78, 5) is 23.1. The number of amides is 1. The van der Waals surface area contributed by atoms with E-state index in [9.17, 15) is 14.7 Å². The molecule has 114 valence electrons. The Balaban J connectivity index is 1.87. The average Bonchev–Trinajstić information content (AvgIpc) is 2.95. The summed E-state index contributed by atoms with van der Waals surface area (Å²) in [5.74, 6) is -0.975. The van der Waals surface area contributed by atoms with Crippen LogP contribution in [0.2, 0.25) is 0 Å². The molecule has 0 bridgehead atoms. The molecule has 1 aliphatic rings. The van der Waals surface area contributed by atoms with Crippen molar-refractivity contribution in [2.75, 3.05) is 19.8 Å². The van der Waals surface area contributed by atoms with Crippen molar-refractivity contribution in [3.8, 4) is 5.75 Å². The van der Waals surface area contributed by atoms with Crippen LogP contribution in [0.4, 0.5) is 0 Å². The Morgan fingerprint density at radius 3 is 2.62 bits per heavy atom. The van der Waals surface area contributed by atoms with Crippen molar-refractivity contribution in [2.45, 2.75) is 25.3 Å². The first-order valence-electron chi connectivity index (χ1n) is 6.89. The number of carboxylic acids is 1. The van der Waals surface area contributed by atoms with Crippen molar-refractivity contribution in [1.29, 1.82) is 0 Å². The largest absolute Gasteiger partial charge is 0.484 e. The second-order valence-corrected chi connectivity index (χ2v) is 5.02. The van der Waals surface area contributed by atoms with E-state index in [1.54, 1.807) is 12.1 Å². The van der Waals surface area contributed by atoms with Crippen molar-refractivity contribution in [3.63, 3.8) is 0 Å². The van der Waals surface area contributed by atoms with Gasteiger partial charge >= 0.3 is 5.97 Å². The highest BCUT2D eigenvalue weighted by Crippen LogP contribution is 2.19. The van der Waals surface area contributed by atoms with Crippen LogP contribution in [0, 0.1) is 0 Å². The van der Waals surface area contributed by atoms with Crippen LogP contribution in [-0.2, 0) is 20.7 Å². The van der Waals surface area contributed by atoms with Crippen LogP contribution in [0.15, 0.2) is 24.3 Å². The number of aryl methyl sites for hydroxylation is 1. The maximum absolute atomic E-state index is 11.9. The summed E-state index contributed by atoms with van der Waals surface area (Å²) in [5.41, 5.74) is -0.147. The van der Waals surface area contributed by atoms with E-state index < -0.39 is 17.4 Å². The Morgan fingerprint density at radius 1 is 1.38 bits per heavy atom. The predicted octanol–water partition coefficient (Wildman–Crippen LogP) is 0.988. The van der Waals surface area contributed by atoms with Crippen LogP contribution in [0.25, 0.3) is 0 Å². The SMILES string of the molecule is CCc1ccc(OCC(=O)NC2(C(=O)O)CCOC2)cc1. The lowest BCUT2D eigenvalue weighted by molar-refractivity contribution is -0.148. The molecule has 6 heteroatoms. The molecular weight excluding hydrogens is 274 g/mol. The average molecular weight is 293 g/mol. The zero-order valence-corrected chi connectivity index (χ0v) is 11.9. The fourth-order valence-electron chi connectivity index (χ4n) is 2.16. The first kappa shape index (κ1) is 15.3. The third-order valence-corrected chi connectivity index (χ3v) is 3.51. The molecular formula is C15H19NO5. The standard InChI is InChI=1S/C15H19NO5/c1-2-11-3-5-12(6-4-11)21-9-13(17)16-15(14(18)19)7-8-20-10-15/h3-6H,2,7-10H2,1H3,(H,16,17)(H,18,19). The molecule has 2 rings (SSSR count). The highest BCUT2D eigenvalue weighted by Gasteiger charge is 2.43. The van der Waals surface area contributed by atoms with Crippen molar-refractivity contribution < 1.29 is 24.2 Å². The zero-order chi connectivity index (χ0) is 15.3. The number of hydrogen-bond donors (Lipinski definition) is 2. The smallest absolute Gasteiger partial charge is 0.331 e. The number of carboxylic acid groups (broad SMARTS) is 1. The van der Waals surface area contributed by atoms with Crippen LogP contribution in [0.5, 0.6) is 5.75 Å². The highest BCUT2D eigenvalue weighted by molar-refractivity contribution is 5.88. The number of hydrogen-bond acceptors (Lipinski definition) is 4. The quantitative estimate of drug-likeness (QED) is 0.817. The Labute approximate surface area is 123 Å². The van der Waals surface area contributed by atoms with E-state index in [2.05, 4.69) is 12.2 Å². The molecule has 1 aliphatic heterocycles. The summed E-state index contributed by atoms with van der Waals surface area (Å²) < 4.78 is 10.4. The Kier molecular flexibility index (Phi) is 4.80. The monoisotopic (exact) mass is 293 g/mol. The molecule has 0 aromatic heterocycles. The molecule has 0 radical (unpaired) electrons. The molecule has 1 heterocycles. The minimum atomic E-state index is -1.33. The van der Waals surface area contributed by atoms with Crippen molar-refractivity contribution >= 4 is 11.9 Å².